The molecule has 13 heavy (non-hydrogen) atoms. The number of amides is 1. The number of nitrogens with zero attached hydrogens (tertiary/aromatic N) is 1. The normalized spacial score (nSPS) is 11.3. The summed E-state index contributed by atoms with van der Waals surface area (Å²) in [5.41, 5.74) is 5.69. The van der Waals surface area contributed by atoms with E-state index < -0.39 is 5.91 Å². The van der Waals surface area contributed by atoms with E-state index in [1.54, 1.807) is 12.3 Å². The third-order valence-corrected chi connectivity index (χ3v) is 1.86. The Bertz CT molecular complexity index is 326. The van der Waals surface area contributed by atoms with E-state index in [0.717, 1.165) is 0 Å². The van der Waals surface area contributed by atoms with E-state index in [4.69, 9.17) is 5.73 Å². The van der Waals surface area contributed by atoms with E-state index >= 15 is 0 Å². The zero-order chi connectivity index (χ0) is 10.1. The Morgan fingerprint density at radius 1 is 1.46 bits per heavy atom. The highest BCUT2D eigenvalue weighted by atomic mass is 16.1. The van der Waals surface area contributed by atoms with Crippen LogP contribution in [0.4, 0.5) is 0 Å². The molecule has 70 valence electrons. The predicted octanol–water partition coefficient (Wildman–Crippen LogP) is 0.828. The first kappa shape index (κ1) is 9.71. The summed E-state index contributed by atoms with van der Waals surface area (Å²) in [5, 5.41) is 0. The maximum atomic E-state index is 10.9. The average molecular weight is 179 g/mol. The summed E-state index contributed by atoms with van der Waals surface area (Å²) in [7, 11) is 0. The number of aromatic nitrogens is 1. The van der Waals surface area contributed by atoms with Crippen LogP contribution in [0.3, 0.4) is 0 Å². The molecule has 0 aromatic carbocycles. The molecule has 2 N–H and O–H groups in total. The van der Waals surface area contributed by atoms with Crippen molar-refractivity contribution < 1.29 is 9.36 Å². The summed E-state index contributed by atoms with van der Waals surface area (Å²) >= 11 is 0. The molecule has 0 radical (unpaired) electrons. The highest BCUT2D eigenvalue weighted by Crippen LogP contribution is 2.04. The predicted molar refractivity (Wildman–Crippen MR) is 50.2 cm³/mol. The van der Waals surface area contributed by atoms with Crippen molar-refractivity contribution in [3.05, 3.63) is 30.1 Å². The van der Waals surface area contributed by atoms with Gasteiger partial charge in [0.15, 0.2) is 17.9 Å². The molecule has 0 atom stereocenters. The molecule has 0 aliphatic heterocycles. The van der Waals surface area contributed by atoms with Crippen LogP contribution in [0.2, 0.25) is 0 Å². The number of carbonyl (C=O) groups excluding carboxylic acids is 1. The van der Waals surface area contributed by atoms with Gasteiger partial charge in [0.05, 0.1) is 0 Å². The zero-order valence-electron chi connectivity index (χ0n) is 8.24. The monoisotopic (exact) mass is 179 g/mol. The lowest BCUT2D eigenvalue weighted by Crippen LogP contribution is -2.50. The Hall–Kier alpha value is -1.38. The van der Waals surface area contributed by atoms with Crippen LogP contribution < -0.4 is 10.3 Å². The fourth-order valence-corrected chi connectivity index (χ4v) is 1.04. The Morgan fingerprint density at radius 2 is 2.08 bits per heavy atom. The van der Waals surface area contributed by atoms with Gasteiger partial charge in [0.1, 0.15) is 5.56 Å². The maximum Gasteiger partial charge on any atom is 0.254 e. The first-order valence-electron chi connectivity index (χ1n) is 4.23. The van der Waals surface area contributed by atoms with Crippen molar-refractivity contribution in [1.82, 2.24) is 0 Å². The second-order valence-electron chi connectivity index (χ2n) is 4.03. The second-order valence-corrected chi connectivity index (χ2v) is 4.03. The number of rotatable bonds is 1. The Balaban J connectivity index is 3.13. The van der Waals surface area contributed by atoms with Crippen molar-refractivity contribution in [3.8, 4) is 0 Å². The van der Waals surface area contributed by atoms with Gasteiger partial charge in [0, 0.05) is 26.8 Å². The van der Waals surface area contributed by atoms with Crippen LogP contribution in [0.5, 0.6) is 0 Å². The summed E-state index contributed by atoms with van der Waals surface area (Å²) in [5.74, 6) is -0.390. The minimum atomic E-state index is -0.390. The van der Waals surface area contributed by atoms with E-state index in [0.29, 0.717) is 5.56 Å². The van der Waals surface area contributed by atoms with Crippen LogP contribution in [0, 0.1) is 0 Å². The highest BCUT2D eigenvalue weighted by Gasteiger charge is 2.21. The fourth-order valence-electron chi connectivity index (χ4n) is 1.04. The number of nitrogens with two attached hydrogens (primary N) is 1. The molecule has 1 heterocycles. The van der Waals surface area contributed by atoms with Gasteiger partial charge in [-0.3, -0.25) is 4.79 Å². The van der Waals surface area contributed by atoms with Crippen LogP contribution in [0.25, 0.3) is 0 Å². The van der Waals surface area contributed by atoms with Crippen molar-refractivity contribution in [2.75, 3.05) is 0 Å². The van der Waals surface area contributed by atoms with Crippen LogP contribution in [-0.2, 0) is 5.54 Å². The molecule has 1 amide bonds. The third kappa shape index (κ3) is 2.28. The third-order valence-electron chi connectivity index (χ3n) is 1.86. The van der Waals surface area contributed by atoms with Crippen LogP contribution in [-0.4, -0.2) is 5.91 Å². The number of hydrogen-bond donors (Lipinski definition) is 1. The molecule has 0 fully saturated rings. The molecule has 3 heteroatoms. The number of carbonyl (C=O) groups is 1. The van der Waals surface area contributed by atoms with E-state index in [1.165, 1.54) is 0 Å². The van der Waals surface area contributed by atoms with Gasteiger partial charge in [-0.1, -0.05) is 0 Å². The van der Waals surface area contributed by atoms with Gasteiger partial charge >= 0.3 is 0 Å². The van der Waals surface area contributed by atoms with Crippen molar-refractivity contribution in [1.29, 1.82) is 0 Å². The Kier molecular flexibility index (Phi) is 2.36. The Morgan fingerprint density at radius 3 is 2.54 bits per heavy atom. The van der Waals surface area contributed by atoms with Crippen molar-refractivity contribution in [2.45, 2.75) is 26.3 Å². The minimum Gasteiger partial charge on any atom is -0.365 e. The molecule has 0 saturated carbocycles. The standard InChI is InChI=1S/C10H14N2O/c1-10(2,3)12-6-4-5-8(7-12)9(11)13/h4-7H,1-3H3,(H-,11,13)/p+1. The van der Waals surface area contributed by atoms with E-state index in [-0.39, 0.29) is 5.54 Å². The van der Waals surface area contributed by atoms with Gasteiger partial charge < -0.3 is 5.73 Å². The van der Waals surface area contributed by atoms with E-state index in [2.05, 4.69) is 20.8 Å². The van der Waals surface area contributed by atoms with Crippen molar-refractivity contribution in [2.24, 2.45) is 5.73 Å². The molecular weight excluding hydrogens is 164 g/mol. The van der Waals surface area contributed by atoms with Gasteiger partial charge in [-0.2, -0.15) is 4.57 Å². The van der Waals surface area contributed by atoms with Crippen LogP contribution in [0.1, 0.15) is 31.1 Å². The van der Waals surface area contributed by atoms with Crippen molar-refractivity contribution >= 4 is 5.91 Å². The first-order valence-corrected chi connectivity index (χ1v) is 4.23. The topological polar surface area (TPSA) is 47.0 Å². The average Bonchev–Trinajstić information content (AvgIpc) is 2.03. The molecule has 1 aromatic heterocycles. The molecule has 0 unspecified atom stereocenters. The zero-order valence-corrected chi connectivity index (χ0v) is 8.24. The fraction of sp³-hybridized carbons (Fsp3) is 0.400. The van der Waals surface area contributed by atoms with Gasteiger partial charge in [-0.25, -0.2) is 0 Å². The minimum absolute atomic E-state index is 0.0224. The highest BCUT2D eigenvalue weighted by molar-refractivity contribution is 5.92. The second kappa shape index (κ2) is 3.17. The summed E-state index contributed by atoms with van der Waals surface area (Å²) in [4.78, 5) is 10.9. The molecular formula is C10H15N2O+. The number of pyridine rings is 1. The van der Waals surface area contributed by atoms with Crippen LogP contribution >= 0.6 is 0 Å². The lowest BCUT2D eigenvalue weighted by molar-refractivity contribution is -0.754. The molecule has 0 aliphatic carbocycles. The molecule has 0 saturated heterocycles. The maximum absolute atomic E-state index is 10.9. The molecule has 0 aliphatic rings. The SMILES string of the molecule is CC(C)(C)[n+]1cccc(C(N)=O)c1. The Labute approximate surface area is 78.2 Å². The van der Waals surface area contributed by atoms with Crippen LogP contribution in [0.15, 0.2) is 24.5 Å². The van der Waals surface area contributed by atoms with Crippen molar-refractivity contribution in [3.63, 3.8) is 0 Å². The van der Waals surface area contributed by atoms with E-state index in [1.807, 2.05) is 16.8 Å². The number of primary amides is 1. The van der Waals surface area contributed by atoms with Gasteiger partial charge in [-0.05, 0) is 6.07 Å². The van der Waals surface area contributed by atoms with Gasteiger partial charge in [-0.15, -0.1) is 0 Å². The summed E-state index contributed by atoms with van der Waals surface area (Å²) in [6.45, 7) is 6.20. The molecule has 1 rings (SSSR count). The molecule has 0 bridgehead atoms. The van der Waals surface area contributed by atoms with Gasteiger partial charge in [0.2, 0.25) is 0 Å². The number of hydrogen-bond acceptors (Lipinski definition) is 1. The molecule has 3 nitrogen and oxygen atoms in total. The quantitative estimate of drug-likeness (QED) is 0.638. The summed E-state index contributed by atoms with van der Waals surface area (Å²) in [6.07, 6.45) is 3.69. The lowest BCUT2D eigenvalue weighted by atomic mass is 10.1. The lowest BCUT2D eigenvalue weighted by Gasteiger charge is -2.12. The molecule has 0 spiro atoms. The van der Waals surface area contributed by atoms with Gasteiger partial charge in [0.25, 0.3) is 5.91 Å². The van der Waals surface area contributed by atoms with E-state index in [9.17, 15) is 4.79 Å². The summed E-state index contributed by atoms with van der Waals surface area (Å²) in [6, 6.07) is 3.54. The molecule has 1 aromatic rings. The summed E-state index contributed by atoms with van der Waals surface area (Å²) < 4.78 is 1.97. The smallest absolute Gasteiger partial charge is 0.254 e. The largest absolute Gasteiger partial charge is 0.365 e. The first-order chi connectivity index (χ1) is 5.91.